The fraction of sp³-hybridized carbons (Fsp3) is 0.667. The number of benzene rings is 1. The van der Waals surface area contributed by atoms with Crippen molar-refractivity contribution in [3.05, 3.63) is 35.4 Å². The van der Waals surface area contributed by atoms with Crippen LogP contribution >= 0.6 is 0 Å². The van der Waals surface area contributed by atoms with Gasteiger partial charge in [0.2, 0.25) is 0 Å². The molecule has 1 heterocycles. The van der Waals surface area contributed by atoms with E-state index >= 15 is 0 Å². The predicted octanol–water partition coefficient (Wildman–Crippen LogP) is 2.54. The van der Waals surface area contributed by atoms with Crippen LogP contribution in [0.4, 0.5) is 0 Å². The summed E-state index contributed by atoms with van der Waals surface area (Å²) in [5, 5.41) is 6.86. The Hall–Kier alpha value is -1.59. The number of rotatable bonds is 8. The molecule has 0 unspecified atom stereocenters. The maximum absolute atomic E-state index is 4.34. The Morgan fingerprint density at radius 1 is 1.19 bits per heavy atom. The lowest BCUT2D eigenvalue weighted by atomic mass is 9.99. The van der Waals surface area contributed by atoms with E-state index < -0.39 is 0 Å². The van der Waals surface area contributed by atoms with Gasteiger partial charge < -0.3 is 20.4 Å². The number of hydrogen-bond donors (Lipinski definition) is 2. The van der Waals surface area contributed by atoms with E-state index in [9.17, 15) is 0 Å². The maximum Gasteiger partial charge on any atom is 0.191 e. The molecule has 0 spiro atoms. The lowest BCUT2D eigenvalue weighted by Gasteiger charge is -2.30. The summed E-state index contributed by atoms with van der Waals surface area (Å²) in [5.41, 5.74) is 2.63. The Bertz CT molecular complexity index is 547. The van der Waals surface area contributed by atoms with E-state index in [1.54, 1.807) is 0 Å². The average Bonchev–Trinajstić information content (AvgIpc) is 2.62. The molecule has 146 valence electrons. The van der Waals surface area contributed by atoms with Gasteiger partial charge in [-0.2, -0.15) is 0 Å². The van der Waals surface area contributed by atoms with Crippen LogP contribution in [-0.4, -0.2) is 63.1 Å². The minimum absolute atomic E-state index is 0.797. The molecule has 0 atom stereocenters. The van der Waals surface area contributed by atoms with Crippen LogP contribution in [0.2, 0.25) is 0 Å². The van der Waals surface area contributed by atoms with Gasteiger partial charge in [-0.05, 0) is 70.0 Å². The van der Waals surface area contributed by atoms with Crippen LogP contribution in [0.25, 0.3) is 0 Å². The number of nitrogens with zero attached hydrogens (tertiary/aromatic N) is 3. The van der Waals surface area contributed by atoms with E-state index in [1.165, 1.54) is 43.6 Å². The van der Waals surface area contributed by atoms with E-state index in [0.29, 0.717) is 0 Å². The number of guanidine groups is 1. The highest BCUT2D eigenvalue weighted by Crippen LogP contribution is 2.15. The first-order chi connectivity index (χ1) is 12.6. The zero-order valence-electron chi connectivity index (χ0n) is 17.1. The van der Waals surface area contributed by atoms with Gasteiger partial charge in [-0.3, -0.25) is 4.99 Å². The Morgan fingerprint density at radius 2 is 1.92 bits per heavy atom. The van der Waals surface area contributed by atoms with Crippen LogP contribution in [0, 0.1) is 5.92 Å². The number of likely N-dealkylation sites (tertiary alicyclic amines) is 1. The zero-order chi connectivity index (χ0) is 18.8. The summed E-state index contributed by atoms with van der Waals surface area (Å²) >= 11 is 0. The molecule has 1 fully saturated rings. The highest BCUT2D eigenvalue weighted by Gasteiger charge is 2.14. The second kappa shape index (κ2) is 11.2. The average molecular weight is 360 g/mol. The van der Waals surface area contributed by atoms with Gasteiger partial charge in [0, 0.05) is 26.7 Å². The van der Waals surface area contributed by atoms with E-state index in [4.69, 9.17) is 0 Å². The third kappa shape index (κ3) is 7.75. The van der Waals surface area contributed by atoms with Gasteiger partial charge in [-0.15, -0.1) is 0 Å². The molecule has 0 bridgehead atoms. The lowest BCUT2D eigenvalue weighted by Crippen LogP contribution is -2.39. The first-order valence-corrected chi connectivity index (χ1v) is 9.96. The summed E-state index contributed by atoms with van der Waals surface area (Å²) in [6.07, 6.45) is 3.86. The summed E-state index contributed by atoms with van der Waals surface area (Å²) in [7, 11) is 6.03. The Kier molecular flexibility index (Phi) is 8.92. The minimum Gasteiger partial charge on any atom is -0.356 e. The van der Waals surface area contributed by atoms with Gasteiger partial charge in [0.05, 0.1) is 0 Å². The number of piperidine rings is 1. The van der Waals surface area contributed by atoms with Crippen LogP contribution in [0.5, 0.6) is 0 Å². The van der Waals surface area contributed by atoms with Crippen LogP contribution in [0.1, 0.15) is 37.3 Å². The van der Waals surface area contributed by atoms with E-state index in [1.807, 2.05) is 7.05 Å². The van der Waals surface area contributed by atoms with Gasteiger partial charge >= 0.3 is 0 Å². The van der Waals surface area contributed by atoms with Crippen molar-refractivity contribution in [3.63, 3.8) is 0 Å². The summed E-state index contributed by atoms with van der Waals surface area (Å²) in [4.78, 5) is 9.12. The highest BCUT2D eigenvalue weighted by molar-refractivity contribution is 5.79. The molecular weight excluding hydrogens is 322 g/mol. The van der Waals surface area contributed by atoms with Crippen LogP contribution in [-0.2, 0) is 13.1 Å². The molecule has 1 saturated heterocycles. The SMILES string of the molecule is CN=C(NCCCN1CCC(C)CC1)NCc1cccc(CN(C)C)c1. The normalized spacial score (nSPS) is 16.9. The molecule has 0 aliphatic carbocycles. The van der Waals surface area contributed by atoms with Crippen molar-refractivity contribution >= 4 is 5.96 Å². The standard InChI is InChI=1S/C21H37N5/c1-18-9-13-26(14-10-18)12-6-11-23-21(22-2)24-16-19-7-5-8-20(15-19)17-25(3)4/h5,7-8,15,18H,6,9-14,16-17H2,1-4H3,(H2,22,23,24). The topological polar surface area (TPSA) is 42.9 Å². The third-order valence-corrected chi connectivity index (χ3v) is 4.99. The molecule has 0 saturated carbocycles. The number of nitrogens with one attached hydrogen (secondary N) is 2. The molecule has 1 aromatic carbocycles. The Balaban J connectivity index is 1.66. The van der Waals surface area contributed by atoms with Crippen molar-refractivity contribution in [1.82, 2.24) is 20.4 Å². The largest absolute Gasteiger partial charge is 0.356 e. The van der Waals surface area contributed by atoms with Crippen molar-refractivity contribution < 1.29 is 0 Å². The van der Waals surface area contributed by atoms with Crippen LogP contribution < -0.4 is 10.6 Å². The molecule has 0 aromatic heterocycles. The minimum atomic E-state index is 0.797. The van der Waals surface area contributed by atoms with Crippen molar-refractivity contribution in [2.75, 3.05) is 47.3 Å². The van der Waals surface area contributed by atoms with E-state index in [0.717, 1.165) is 37.9 Å². The quantitative estimate of drug-likeness (QED) is 0.425. The predicted molar refractivity (Wildman–Crippen MR) is 111 cm³/mol. The molecule has 0 radical (unpaired) electrons. The van der Waals surface area contributed by atoms with Gasteiger partial charge in [-0.1, -0.05) is 31.2 Å². The van der Waals surface area contributed by atoms with E-state index in [2.05, 4.69) is 70.7 Å². The molecule has 2 N–H and O–H groups in total. The van der Waals surface area contributed by atoms with Crippen molar-refractivity contribution in [3.8, 4) is 0 Å². The number of hydrogen-bond acceptors (Lipinski definition) is 3. The van der Waals surface area contributed by atoms with E-state index in [-0.39, 0.29) is 0 Å². The van der Waals surface area contributed by atoms with Crippen LogP contribution in [0.15, 0.2) is 29.3 Å². The monoisotopic (exact) mass is 359 g/mol. The molecule has 1 aliphatic heterocycles. The van der Waals surface area contributed by atoms with Gasteiger partial charge in [0.25, 0.3) is 0 Å². The molecule has 0 amide bonds. The fourth-order valence-corrected chi connectivity index (χ4v) is 3.40. The fourth-order valence-electron chi connectivity index (χ4n) is 3.40. The van der Waals surface area contributed by atoms with Gasteiger partial charge in [0.1, 0.15) is 0 Å². The summed E-state index contributed by atoms with van der Waals surface area (Å²) in [6, 6.07) is 8.73. The molecule has 5 heteroatoms. The molecule has 1 aliphatic rings. The van der Waals surface area contributed by atoms with Gasteiger partial charge in [0.15, 0.2) is 5.96 Å². The van der Waals surface area contributed by atoms with Crippen molar-refractivity contribution in [2.45, 2.75) is 39.3 Å². The lowest BCUT2D eigenvalue weighted by molar-refractivity contribution is 0.191. The summed E-state index contributed by atoms with van der Waals surface area (Å²) in [5.74, 6) is 1.79. The first-order valence-electron chi connectivity index (χ1n) is 9.96. The number of aliphatic imine (C=N–C) groups is 1. The molecule has 1 aromatic rings. The maximum atomic E-state index is 4.34. The molecule has 26 heavy (non-hydrogen) atoms. The Morgan fingerprint density at radius 3 is 2.62 bits per heavy atom. The van der Waals surface area contributed by atoms with Crippen LogP contribution in [0.3, 0.4) is 0 Å². The third-order valence-electron chi connectivity index (χ3n) is 4.99. The van der Waals surface area contributed by atoms with Crippen molar-refractivity contribution in [1.29, 1.82) is 0 Å². The second-order valence-corrected chi connectivity index (χ2v) is 7.79. The summed E-state index contributed by atoms with van der Waals surface area (Å²) < 4.78 is 0. The second-order valence-electron chi connectivity index (χ2n) is 7.79. The molecule has 2 rings (SSSR count). The summed E-state index contributed by atoms with van der Waals surface area (Å²) in [6.45, 7) is 8.80. The highest BCUT2D eigenvalue weighted by atomic mass is 15.2. The Labute approximate surface area is 159 Å². The smallest absolute Gasteiger partial charge is 0.191 e. The van der Waals surface area contributed by atoms with Crippen molar-refractivity contribution in [2.24, 2.45) is 10.9 Å². The first kappa shape index (κ1) is 20.7. The molecular formula is C21H37N5. The van der Waals surface area contributed by atoms with Gasteiger partial charge in [-0.25, -0.2) is 0 Å². The zero-order valence-corrected chi connectivity index (χ0v) is 17.1. The molecule has 5 nitrogen and oxygen atoms in total.